The molecule has 2 N–H and O–H groups in total. The van der Waals surface area contributed by atoms with Crippen LogP contribution < -0.4 is 10.0 Å². The van der Waals surface area contributed by atoms with Crippen LogP contribution in [0.1, 0.15) is 25.2 Å². The summed E-state index contributed by atoms with van der Waals surface area (Å²) in [6, 6.07) is 11.1. The second-order valence-electron chi connectivity index (χ2n) is 6.92. The Morgan fingerprint density at radius 2 is 1.82 bits per heavy atom. The van der Waals surface area contributed by atoms with Gasteiger partial charge in [-0.3, -0.25) is 9.20 Å². The number of benzene rings is 1. The third kappa shape index (κ3) is 4.37. The van der Waals surface area contributed by atoms with Crippen molar-refractivity contribution in [3.8, 4) is 0 Å². The first-order valence-electron chi connectivity index (χ1n) is 8.93. The summed E-state index contributed by atoms with van der Waals surface area (Å²) in [6.45, 7) is 5.59. The zero-order valence-electron chi connectivity index (χ0n) is 16.0. The lowest BCUT2D eigenvalue weighted by atomic mass is 10.1. The Kier molecular flexibility index (Phi) is 5.76. The van der Waals surface area contributed by atoms with Gasteiger partial charge in [0.05, 0.1) is 11.4 Å². The average molecular weight is 401 g/mol. The van der Waals surface area contributed by atoms with Crippen LogP contribution in [0.4, 0.5) is 0 Å². The molecule has 9 heteroatoms. The Bertz CT molecular complexity index is 1070. The SMILES string of the molecule is Cc1ccc(S(=O)(=O)NC(C(=O)NCc2nnc3ccccn23)C(C)C)cc1. The number of carbonyl (C=O) groups excluding carboxylic acids is 1. The minimum Gasteiger partial charge on any atom is -0.347 e. The van der Waals surface area contributed by atoms with Crippen molar-refractivity contribution in [3.63, 3.8) is 0 Å². The van der Waals surface area contributed by atoms with Crippen molar-refractivity contribution < 1.29 is 13.2 Å². The zero-order chi connectivity index (χ0) is 20.3. The number of aromatic nitrogens is 3. The van der Waals surface area contributed by atoms with Crippen molar-refractivity contribution in [2.45, 2.75) is 38.3 Å². The monoisotopic (exact) mass is 401 g/mol. The molecule has 1 aromatic carbocycles. The Balaban J connectivity index is 1.72. The second kappa shape index (κ2) is 8.07. The van der Waals surface area contributed by atoms with Crippen molar-refractivity contribution in [3.05, 3.63) is 60.0 Å². The summed E-state index contributed by atoms with van der Waals surface area (Å²) in [4.78, 5) is 12.8. The predicted octanol–water partition coefficient (Wildman–Crippen LogP) is 1.66. The lowest BCUT2D eigenvalue weighted by Crippen LogP contribution is -2.49. The first kappa shape index (κ1) is 20.0. The highest BCUT2D eigenvalue weighted by Gasteiger charge is 2.28. The summed E-state index contributed by atoms with van der Waals surface area (Å²) < 4.78 is 29.6. The lowest BCUT2D eigenvalue weighted by Gasteiger charge is -2.21. The molecule has 0 saturated carbocycles. The van der Waals surface area contributed by atoms with Gasteiger partial charge in [0.15, 0.2) is 11.5 Å². The quantitative estimate of drug-likeness (QED) is 0.626. The fourth-order valence-corrected chi connectivity index (χ4v) is 4.08. The lowest BCUT2D eigenvalue weighted by molar-refractivity contribution is -0.123. The van der Waals surface area contributed by atoms with Gasteiger partial charge in [0.2, 0.25) is 15.9 Å². The molecule has 28 heavy (non-hydrogen) atoms. The van der Waals surface area contributed by atoms with E-state index in [2.05, 4.69) is 20.2 Å². The van der Waals surface area contributed by atoms with Crippen molar-refractivity contribution in [2.24, 2.45) is 5.92 Å². The molecule has 2 aromatic heterocycles. The van der Waals surface area contributed by atoms with E-state index in [4.69, 9.17) is 0 Å². The number of nitrogens with zero attached hydrogens (tertiary/aromatic N) is 3. The topological polar surface area (TPSA) is 105 Å². The van der Waals surface area contributed by atoms with E-state index in [0.29, 0.717) is 11.5 Å². The van der Waals surface area contributed by atoms with Gasteiger partial charge in [-0.05, 0) is 37.1 Å². The Hall–Kier alpha value is -2.78. The molecule has 0 radical (unpaired) electrons. The minimum atomic E-state index is -3.82. The van der Waals surface area contributed by atoms with Crippen molar-refractivity contribution in [2.75, 3.05) is 0 Å². The molecular formula is C19H23N5O3S. The van der Waals surface area contributed by atoms with Gasteiger partial charge in [-0.1, -0.05) is 37.6 Å². The van der Waals surface area contributed by atoms with Crippen LogP contribution in [0, 0.1) is 12.8 Å². The van der Waals surface area contributed by atoms with E-state index in [1.165, 1.54) is 12.1 Å². The van der Waals surface area contributed by atoms with Crippen molar-refractivity contribution in [1.29, 1.82) is 0 Å². The maximum Gasteiger partial charge on any atom is 0.241 e. The third-order valence-corrected chi connectivity index (χ3v) is 5.82. The van der Waals surface area contributed by atoms with Crippen molar-refractivity contribution >= 4 is 21.6 Å². The predicted molar refractivity (Wildman–Crippen MR) is 105 cm³/mol. The molecule has 148 valence electrons. The van der Waals surface area contributed by atoms with Crippen molar-refractivity contribution in [1.82, 2.24) is 24.6 Å². The van der Waals surface area contributed by atoms with E-state index >= 15 is 0 Å². The normalized spacial score (nSPS) is 13.0. The van der Waals surface area contributed by atoms with Crippen LogP contribution >= 0.6 is 0 Å². The summed E-state index contributed by atoms with van der Waals surface area (Å²) >= 11 is 0. The number of aryl methyl sites for hydroxylation is 1. The van der Waals surface area contributed by atoms with Gasteiger partial charge >= 0.3 is 0 Å². The number of fused-ring (bicyclic) bond motifs is 1. The van der Waals surface area contributed by atoms with E-state index in [1.807, 2.05) is 25.1 Å². The molecule has 0 aliphatic rings. The summed E-state index contributed by atoms with van der Waals surface area (Å²) in [5.74, 6) is -0.0958. The number of hydrogen-bond donors (Lipinski definition) is 2. The third-order valence-electron chi connectivity index (χ3n) is 4.37. The molecule has 0 bridgehead atoms. The van der Waals surface area contributed by atoms with E-state index in [-0.39, 0.29) is 17.4 Å². The molecule has 1 atom stereocenters. The van der Waals surface area contributed by atoms with E-state index in [0.717, 1.165) is 5.56 Å². The van der Waals surface area contributed by atoms with Crippen LogP contribution in [0.2, 0.25) is 0 Å². The van der Waals surface area contributed by atoms with Crippen LogP contribution in [0.25, 0.3) is 5.65 Å². The summed E-state index contributed by atoms with van der Waals surface area (Å²) in [5, 5.41) is 10.8. The van der Waals surface area contributed by atoms with Crippen LogP contribution in [0.15, 0.2) is 53.6 Å². The molecule has 0 aliphatic carbocycles. The Morgan fingerprint density at radius 1 is 1.11 bits per heavy atom. The Labute approximate surface area is 164 Å². The van der Waals surface area contributed by atoms with Crippen LogP contribution in [-0.4, -0.2) is 35.0 Å². The fraction of sp³-hybridized carbons (Fsp3) is 0.316. The number of nitrogens with one attached hydrogen (secondary N) is 2. The van der Waals surface area contributed by atoms with Crippen LogP contribution in [0.5, 0.6) is 0 Å². The molecule has 1 amide bonds. The number of carbonyl (C=O) groups is 1. The molecule has 3 rings (SSSR count). The maximum atomic E-state index is 12.7. The van der Waals surface area contributed by atoms with Crippen LogP contribution in [-0.2, 0) is 21.4 Å². The highest BCUT2D eigenvalue weighted by molar-refractivity contribution is 7.89. The molecular weight excluding hydrogens is 378 g/mol. The van der Waals surface area contributed by atoms with Crippen LogP contribution in [0.3, 0.4) is 0 Å². The molecule has 0 saturated heterocycles. The van der Waals surface area contributed by atoms with Gasteiger partial charge in [0.25, 0.3) is 0 Å². The van der Waals surface area contributed by atoms with E-state index in [9.17, 15) is 13.2 Å². The number of pyridine rings is 1. The maximum absolute atomic E-state index is 12.7. The largest absolute Gasteiger partial charge is 0.347 e. The first-order chi connectivity index (χ1) is 13.3. The number of amides is 1. The highest BCUT2D eigenvalue weighted by atomic mass is 32.2. The molecule has 0 spiro atoms. The van der Waals surface area contributed by atoms with Gasteiger partial charge in [0.1, 0.15) is 6.04 Å². The minimum absolute atomic E-state index is 0.125. The van der Waals surface area contributed by atoms with Gasteiger partial charge < -0.3 is 5.32 Å². The van der Waals surface area contributed by atoms with Gasteiger partial charge in [-0.2, -0.15) is 4.72 Å². The van der Waals surface area contributed by atoms with Gasteiger partial charge in [0, 0.05) is 6.20 Å². The van der Waals surface area contributed by atoms with E-state index < -0.39 is 22.0 Å². The molecule has 0 aliphatic heterocycles. The molecule has 0 fully saturated rings. The van der Waals surface area contributed by atoms with Gasteiger partial charge in [-0.25, -0.2) is 8.42 Å². The zero-order valence-corrected chi connectivity index (χ0v) is 16.8. The smallest absolute Gasteiger partial charge is 0.241 e. The number of sulfonamides is 1. The fourth-order valence-electron chi connectivity index (χ4n) is 2.73. The first-order valence-corrected chi connectivity index (χ1v) is 10.4. The van der Waals surface area contributed by atoms with Gasteiger partial charge in [-0.15, -0.1) is 10.2 Å². The highest BCUT2D eigenvalue weighted by Crippen LogP contribution is 2.13. The summed E-state index contributed by atoms with van der Waals surface area (Å²) in [6.07, 6.45) is 1.80. The Morgan fingerprint density at radius 3 is 2.50 bits per heavy atom. The number of hydrogen-bond acceptors (Lipinski definition) is 5. The molecule has 1 unspecified atom stereocenters. The second-order valence-corrected chi connectivity index (χ2v) is 8.63. The average Bonchev–Trinajstić information content (AvgIpc) is 3.07. The molecule has 3 aromatic rings. The number of rotatable bonds is 7. The standard InChI is InChI=1S/C19H23N5O3S/c1-13(2)18(23-28(26,27)15-9-7-14(3)8-10-15)19(25)20-12-17-22-21-16-6-4-5-11-24(16)17/h4-11,13,18,23H,12H2,1-3H3,(H,20,25). The molecule has 2 heterocycles. The summed E-state index contributed by atoms with van der Waals surface area (Å²) in [5.41, 5.74) is 1.63. The summed E-state index contributed by atoms with van der Waals surface area (Å²) in [7, 11) is -3.82. The van der Waals surface area contributed by atoms with E-state index in [1.54, 1.807) is 36.6 Å². The molecule has 8 nitrogen and oxygen atoms in total.